The highest BCUT2D eigenvalue weighted by Crippen LogP contribution is 2.01. The molecule has 0 saturated heterocycles. The van der Waals surface area contributed by atoms with Crippen LogP contribution in [0.5, 0.6) is 0 Å². The standard InChI is InChI=1S/C16H19N3O3/c1-12-10-19(16(22)18-15(12)21)11-14(20)17-9-5-8-13-6-3-2-4-7-13/h2-4,6-7,10H,5,8-9,11H2,1H3,(H,17,20)(H,18,21,22). The van der Waals surface area contributed by atoms with Gasteiger partial charge >= 0.3 is 5.69 Å². The van der Waals surface area contributed by atoms with Gasteiger partial charge in [-0.05, 0) is 25.3 Å². The number of nitrogens with one attached hydrogen (secondary N) is 2. The average Bonchev–Trinajstić information content (AvgIpc) is 2.50. The summed E-state index contributed by atoms with van der Waals surface area (Å²) in [6, 6.07) is 10.0. The molecule has 0 bridgehead atoms. The van der Waals surface area contributed by atoms with Gasteiger partial charge in [0.1, 0.15) is 6.54 Å². The Morgan fingerprint density at radius 3 is 2.68 bits per heavy atom. The third-order valence-corrected chi connectivity index (χ3v) is 3.31. The summed E-state index contributed by atoms with van der Waals surface area (Å²) < 4.78 is 1.20. The van der Waals surface area contributed by atoms with Crippen molar-refractivity contribution in [3.8, 4) is 0 Å². The molecule has 0 spiro atoms. The van der Waals surface area contributed by atoms with Gasteiger partial charge in [0.2, 0.25) is 5.91 Å². The van der Waals surface area contributed by atoms with Gasteiger partial charge in [0.25, 0.3) is 5.56 Å². The molecule has 0 fully saturated rings. The summed E-state index contributed by atoms with van der Waals surface area (Å²) >= 11 is 0. The monoisotopic (exact) mass is 301 g/mol. The third kappa shape index (κ3) is 4.44. The summed E-state index contributed by atoms with van der Waals surface area (Å²) in [6.07, 6.45) is 3.11. The number of hydrogen-bond acceptors (Lipinski definition) is 3. The molecule has 0 unspecified atom stereocenters. The van der Waals surface area contributed by atoms with Gasteiger partial charge in [-0.15, -0.1) is 0 Å². The Kier molecular flexibility index (Phi) is 5.30. The number of carbonyl (C=O) groups is 1. The van der Waals surface area contributed by atoms with E-state index in [1.165, 1.54) is 16.3 Å². The predicted molar refractivity (Wildman–Crippen MR) is 83.8 cm³/mol. The number of rotatable bonds is 6. The van der Waals surface area contributed by atoms with Crippen LogP contribution in [0.4, 0.5) is 0 Å². The molecule has 6 heteroatoms. The zero-order valence-corrected chi connectivity index (χ0v) is 12.5. The lowest BCUT2D eigenvalue weighted by Crippen LogP contribution is -2.36. The summed E-state index contributed by atoms with van der Waals surface area (Å²) in [5, 5.41) is 2.77. The summed E-state index contributed by atoms with van der Waals surface area (Å²) in [7, 11) is 0. The van der Waals surface area contributed by atoms with Crippen molar-refractivity contribution in [1.82, 2.24) is 14.9 Å². The Morgan fingerprint density at radius 1 is 1.23 bits per heavy atom. The Balaban J connectivity index is 1.80. The predicted octanol–water partition coefficient (Wildman–Crippen LogP) is 0.594. The van der Waals surface area contributed by atoms with Crippen LogP contribution >= 0.6 is 0 Å². The first kappa shape index (κ1) is 15.8. The minimum atomic E-state index is -0.574. The number of nitrogens with zero attached hydrogens (tertiary/aromatic N) is 1. The van der Waals surface area contributed by atoms with Gasteiger partial charge in [0.05, 0.1) is 0 Å². The molecule has 0 atom stereocenters. The second-order valence-corrected chi connectivity index (χ2v) is 5.14. The Labute approximate surface area is 127 Å². The maximum absolute atomic E-state index is 11.8. The van der Waals surface area contributed by atoms with Gasteiger partial charge in [0, 0.05) is 18.3 Å². The van der Waals surface area contributed by atoms with Crippen LogP contribution in [0.15, 0.2) is 46.1 Å². The number of H-pyrrole nitrogens is 1. The van der Waals surface area contributed by atoms with Crippen molar-refractivity contribution in [2.24, 2.45) is 0 Å². The van der Waals surface area contributed by atoms with Crippen LogP contribution in [0.25, 0.3) is 0 Å². The minimum Gasteiger partial charge on any atom is -0.355 e. The molecule has 6 nitrogen and oxygen atoms in total. The van der Waals surface area contributed by atoms with Crippen LogP contribution in [0.2, 0.25) is 0 Å². The highest BCUT2D eigenvalue weighted by molar-refractivity contribution is 5.75. The van der Waals surface area contributed by atoms with Crippen LogP contribution in [-0.4, -0.2) is 22.0 Å². The summed E-state index contributed by atoms with van der Waals surface area (Å²) in [6.45, 7) is 2.04. The van der Waals surface area contributed by atoms with E-state index in [0.29, 0.717) is 12.1 Å². The molecular formula is C16H19N3O3. The van der Waals surface area contributed by atoms with Crippen LogP contribution in [-0.2, 0) is 17.8 Å². The van der Waals surface area contributed by atoms with E-state index >= 15 is 0 Å². The molecule has 0 aliphatic carbocycles. The molecule has 22 heavy (non-hydrogen) atoms. The number of benzene rings is 1. The Bertz CT molecular complexity index is 747. The second-order valence-electron chi connectivity index (χ2n) is 5.14. The second kappa shape index (κ2) is 7.40. The first-order chi connectivity index (χ1) is 10.6. The molecule has 2 rings (SSSR count). The fourth-order valence-corrected chi connectivity index (χ4v) is 2.11. The van der Waals surface area contributed by atoms with Crippen molar-refractivity contribution in [2.45, 2.75) is 26.3 Å². The van der Waals surface area contributed by atoms with E-state index in [1.54, 1.807) is 6.92 Å². The fourth-order valence-electron chi connectivity index (χ4n) is 2.11. The van der Waals surface area contributed by atoms with Crippen molar-refractivity contribution in [3.63, 3.8) is 0 Å². The van der Waals surface area contributed by atoms with E-state index < -0.39 is 11.2 Å². The normalized spacial score (nSPS) is 10.4. The van der Waals surface area contributed by atoms with E-state index in [-0.39, 0.29) is 12.5 Å². The molecule has 1 heterocycles. The topological polar surface area (TPSA) is 84.0 Å². The average molecular weight is 301 g/mol. The van der Waals surface area contributed by atoms with Crippen molar-refractivity contribution in [2.75, 3.05) is 6.54 Å². The smallest absolute Gasteiger partial charge is 0.328 e. The number of aromatic nitrogens is 2. The maximum atomic E-state index is 11.8. The summed E-state index contributed by atoms with van der Waals surface area (Å²) in [5.41, 5.74) is 0.625. The molecule has 2 N–H and O–H groups in total. The van der Waals surface area contributed by atoms with Crippen LogP contribution in [0.3, 0.4) is 0 Å². The molecule has 116 valence electrons. The Morgan fingerprint density at radius 2 is 1.95 bits per heavy atom. The molecule has 0 aliphatic heterocycles. The lowest BCUT2D eigenvalue weighted by Gasteiger charge is -2.07. The lowest BCUT2D eigenvalue weighted by molar-refractivity contribution is -0.121. The highest BCUT2D eigenvalue weighted by atomic mass is 16.2. The zero-order chi connectivity index (χ0) is 15.9. The largest absolute Gasteiger partial charge is 0.355 e. The first-order valence-corrected chi connectivity index (χ1v) is 7.17. The van der Waals surface area contributed by atoms with Crippen LogP contribution in [0.1, 0.15) is 17.5 Å². The molecule has 0 aliphatic rings. The molecule has 0 saturated carbocycles. The number of carbonyl (C=O) groups excluding carboxylic acids is 1. The lowest BCUT2D eigenvalue weighted by atomic mass is 10.1. The van der Waals surface area contributed by atoms with Crippen molar-refractivity contribution in [1.29, 1.82) is 0 Å². The van der Waals surface area contributed by atoms with Gasteiger partial charge in [-0.1, -0.05) is 30.3 Å². The third-order valence-electron chi connectivity index (χ3n) is 3.31. The zero-order valence-electron chi connectivity index (χ0n) is 12.5. The first-order valence-electron chi connectivity index (χ1n) is 7.17. The minimum absolute atomic E-state index is 0.0954. The van der Waals surface area contributed by atoms with Gasteiger partial charge in [-0.3, -0.25) is 19.1 Å². The Hall–Kier alpha value is -2.63. The summed E-state index contributed by atoms with van der Waals surface area (Å²) in [5.74, 6) is -0.249. The highest BCUT2D eigenvalue weighted by Gasteiger charge is 2.06. The van der Waals surface area contributed by atoms with E-state index in [9.17, 15) is 14.4 Å². The van der Waals surface area contributed by atoms with E-state index in [0.717, 1.165) is 12.8 Å². The quantitative estimate of drug-likeness (QED) is 0.766. The van der Waals surface area contributed by atoms with Crippen molar-refractivity contribution >= 4 is 5.91 Å². The van der Waals surface area contributed by atoms with Gasteiger partial charge < -0.3 is 5.32 Å². The maximum Gasteiger partial charge on any atom is 0.328 e. The fraction of sp³-hybridized carbons (Fsp3) is 0.312. The van der Waals surface area contributed by atoms with Gasteiger partial charge in [-0.2, -0.15) is 0 Å². The van der Waals surface area contributed by atoms with Gasteiger partial charge in [-0.25, -0.2) is 4.79 Å². The number of aryl methyl sites for hydroxylation is 2. The molecule has 1 aromatic heterocycles. The van der Waals surface area contributed by atoms with E-state index in [1.807, 2.05) is 30.3 Å². The number of amides is 1. The van der Waals surface area contributed by atoms with Crippen LogP contribution in [0, 0.1) is 6.92 Å². The van der Waals surface area contributed by atoms with Crippen molar-refractivity contribution in [3.05, 3.63) is 68.5 Å². The molecule has 1 aromatic carbocycles. The van der Waals surface area contributed by atoms with Crippen molar-refractivity contribution < 1.29 is 4.79 Å². The molecule has 1 amide bonds. The molecule has 0 radical (unpaired) electrons. The summed E-state index contributed by atoms with van der Waals surface area (Å²) in [4.78, 5) is 36.8. The van der Waals surface area contributed by atoms with Crippen LogP contribution < -0.4 is 16.6 Å². The molecule has 2 aromatic rings. The SMILES string of the molecule is Cc1cn(CC(=O)NCCCc2ccccc2)c(=O)[nH]c1=O. The number of aromatic amines is 1. The van der Waals surface area contributed by atoms with E-state index in [4.69, 9.17) is 0 Å². The van der Waals surface area contributed by atoms with Gasteiger partial charge in [0.15, 0.2) is 0 Å². The molecular weight excluding hydrogens is 282 g/mol. The number of hydrogen-bond donors (Lipinski definition) is 2. The van der Waals surface area contributed by atoms with E-state index in [2.05, 4.69) is 10.3 Å².